The first-order valence-electron chi connectivity index (χ1n) is 7.14. The van der Waals surface area contributed by atoms with E-state index in [1.54, 1.807) is 7.11 Å². The predicted octanol–water partition coefficient (Wildman–Crippen LogP) is 2.52. The molecule has 100 valence electrons. The number of hydrogen-bond donors (Lipinski definition) is 1. The van der Waals surface area contributed by atoms with Crippen molar-refractivity contribution in [1.29, 1.82) is 0 Å². The Kier molecular flexibility index (Phi) is 3.55. The smallest absolute Gasteiger partial charge is 0.148 e. The molecule has 0 radical (unpaired) electrons. The summed E-state index contributed by atoms with van der Waals surface area (Å²) in [6.07, 6.45) is 8.73. The summed E-state index contributed by atoms with van der Waals surface area (Å²) in [5, 5.41) is 8.20. The number of nitrogens with zero attached hydrogens (tertiary/aromatic N) is 2. The summed E-state index contributed by atoms with van der Waals surface area (Å²) in [7, 11) is 1.74. The van der Waals surface area contributed by atoms with Gasteiger partial charge in [-0.15, -0.1) is 0 Å². The molecule has 2 bridgehead atoms. The van der Waals surface area contributed by atoms with E-state index in [9.17, 15) is 0 Å². The summed E-state index contributed by atoms with van der Waals surface area (Å²) in [6.45, 7) is 1.74. The zero-order chi connectivity index (χ0) is 12.4. The Hall–Kier alpha value is -1.03. The fraction of sp³-hybridized carbons (Fsp3) is 0.786. The molecule has 18 heavy (non-hydrogen) atoms. The molecule has 0 unspecified atom stereocenters. The summed E-state index contributed by atoms with van der Waals surface area (Å²) in [4.78, 5) is 0. The molecule has 1 aromatic heterocycles. The number of aromatic nitrogens is 2. The Morgan fingerprint density at radius 1 is 1.44 bits per heavy atom. The van der Waals surface area contributed by atoms with Gasteiger partial charge in [0.2, 0.25) is 0 Å². The molecule has 3 rings (SSSR count). The molecule has 1 heterocycles. The highest BCUT2D eigenvalue weighted by Crippen LogP contribution is 2.45. The minimum Gasteiger partial charge on any atom is -0.385 e. The maximum Gasteiger partial charge on any atom is 0.148 e. The maximum atomic E-state index is 5.05. The van der Waals surface area contributed by atoms with E-state index >= 15 is 0 Å². The van der Waals surface area contributed by atoms with Crippen LogP contribution in [0.3, 0.4) is 0 Å². The summed E-state index contributed by atoms with van der Waals surface area (Å²) in [6, 6.07) is 2.77. The lowest BCUT2D eigenvalue weighted by Crippen LogP contribution is -2.26. The van der Waals surface area contributed by atoms with Gasteiger partial charge in [-0.1, -0.05) is 6.42 Å². The topological polar surface area (TPSA) is 39.1 Å². The Balaban J connectivity index is 1.51. The third-order valence-corrected chi connectivity index (χ3v) is 4.45. The quantitative estimate of drug-likeness (QED) is 0.787. The second-order valence-corrected chi connectivity index (χ2v) is 5.74. The van der Waals surface area contributed by atoms with E-state index in [2.05, 4.69) is 22.7 Å². The van der Waals surface area contributed by atoms with Crippen LogP contribution in [0.25, 0.3) is 0 Å². The van der Waals surface area contributed by atoms with Crippen molar-refractivity contribution >= 4 is 5.82 Å². The highest BCUT2D eigenvalue weighted by Gasteiger charge is 2.39. The molecule has 0 aliphatic heterocycles. The largest absolute Gasteiger partial charge is 0.385 e. The second kappa shape index (κ2) is 5.31. The summed E-state index contributed by atoms with van der Waals surface area (Å²) in [5.74, 6) is 2.93. The molecular weight excluding hydrogens is 226 g/mol. The van der Waals surface area contributed by atoms with Crippen LogP contribution in [0.2, 0.25) is 0 Å². The normalized spacial score (nSPS) is 29.9. The first kappa shape index (κ1) is 12.0. The van der Waals surface area contributed by atoms with E-state index in [1.165, 1.54) is 25.7 Å². The van der Waals surface area contributed by atoms with Crippen molar-refractivity contribution in [2.24, 2.45) is 11.8 Å². The third-order valence-electron chi connectivity index (χ3n) is 4.45. The number of nitrogens with one attached hydrogen (secondary N) is 1. The average molecular weight is 249 g/mol. The first-order valence-corrected chi connectivity index (χ1v) is 7.14. The minimum atomic E-state index is 0.672. The molecule has 0 spiro atoms. The predicted molar refractivity (Wildman–Crippen MR) is 71.6 cm³/mol. The van der Waals surface area contributed by atoms with Crippen LogP contribution in [0.1, 0.15) is 32.1 Å². The van der Waals surface area contributed by atoms with Crippen LogP contribution >= 0.6 is 0 Å². The van der Waals surface area contributed by atoms with Crippen LogP contribution in [0.15, 0.2) is 12.3 Å². The van der Waals surface area contributed by atoms with E-state index in [0.717, 1.165) is 37.2 Å². The van der Waals surface area contributed by atoms with Crippen LogP contribution in [-0.4, -0.2) is 29.5 Å². The summed E-state index contributed by atoms with van der Waals surface area (Å²) >= 11 is 0. The zero-order valence-electron chi connectivity index (χ0n) is 11.1. The molecule has 3 atom stereocenters. The van der Waals surface area contributed by atoms with Crippen molar-refractivity contribution in [1.82, 2.24) is 9.78 Å². The average Bonchev–Trinajstić information content (AvgIpc) is 3.06. The minimum absolute atomic E-state index is 0.672. The maximum absolute atomic E-state index is 5.05. The fourth-order valence-electron chi connectivity index (χ4n) is 3.55. The Bertz CT molecular complexity index is 390. The highest BCUT2D eigenvalue weighted by atomic mass is 16.5. The van der Waals surface area contributed by atoms with Gasteiger partial charge in [0.25, 0.3) is 0 Å². The van der Waals surface area contributed by atoms with E-state index in [1.807, 2.05) is 4.68 Å². The van der Waals surface area contributed by atoms with Gasteiger partial charge < -0.3 is 10.1 Å². The number of fused-ring (bicyclic) bond motifs is 2. The molecular formula is C14H23N3O. The van der Waals surface area contributed by atoms with Gasteiger partial charge in [-0.3, -0.25) is 4.68 Å². The van der Waals surface area contributed by atoms with Gasteiger partial charge in [-0.25, -0.2) is 0 Å². The molecule has 2 aliphatic carbocycles. The van der Waals surface area contributed by atoms with Gasteiger partial charge in [0.1, 0.15) is 5.82 Å². The van der Waals surface area contributed by atoms with Crippen molar-refractivity contribution in [2.45, 2.75) is 44.7 Å². The highest BCUT2D eigenvalue weighted by molar-refractivity contribution is 5.34. The van der Waals surface area contributed by atoms with Crippen molar-refractivity contribution in [3.8, 4) is 0 Å². The molecule has 4 heteroatoms. The number of hydrogen-bond acceptors (Lipinski definition) is 3. The fourth-order valence-corrected chi connectivity index (χ4v) is 3.55. The molecule has 2 aliphatic rings. The van der Waals surface area contributed by atoms with Gasteiger partial charge in [-0.2, -0.15) is 5.10 Å². The third kappa shape index (κ3) is 2.53. The molecule has 0 amide bonds. The lowest BCUT2D eigenvalue weighted by atomic mass is 9.95. The van der Waals surface area contributed by atoms with Crippen molar-refractivity contribution in [3.63, 3.8) is 0 Å². The molecule has 1 aromatic rings. The van der Waals surface area contributed by atoms with Crippen molar-refractivity contribution in [3.05, 3.63) is 12.3 Å². The molecule has 2 saturated carbocycles. The molecule has 2 fully saturated rings. The van der Waals surface area contributed by atoms with Crippen LogP contribution in [-0.2, 0) is 11.3 Å². The SMILES string of the molecule is COCCCn1ccc(N[C@H]2C[C@H]3CC[C@H]2C3)n1. The van der Waals surface area contributed by atoms with Crippen molar-refractivity contribution in [2.75, 3.05) is 19.0 Å². The van der Waals surface area contributed by atoms with E-state index in [4.69, 9.17) is 4.74 Å². The number of anilines is 1. The van der Waals surface area contributed by atoms with E-state index in [-0.39, 0.29) is 0 Å². The Labute approximate surface area is 109 Å². The van der Waals surface area contributed by atoms with Crippen LogP contribution < -0.4 is 5.32 Å². The molecule has 4 nitrogen and oxygen atoms in total. The lowest BCUT2D eigenvalue weighted by Gasteiger charge is -2.22. The van der Waals surface area contributed by atoms with Gasteiger partial charge in [-0.05, 0) is 37.5 Å². The first-order chi connectivity index (χ1) is 8.85. The molecule has 1 N–H and O–H groups in total. The van der Waals surface area contributed by atoms with Crippen LogP contribution in [0.4, 0.5) is 5.82 Å². The van der Waals surface area contributed by atoms with Crippen LogP contribution in [0.5, 0.6) is 0 Å². The van der Waals surface area contributed by atoms with Gasteiger partial charge in [0.15, 0.2) is 0 Å². The van der Waals surface area contributed by atoms with Gasteiger partial charge in [0.05, 0.1) is 0 Å². The van der Waals surface area contributed by atoms with Crippen molar-refractivity contribution < 1.29 is 4.74 Å². The number of rotatable bonds is 6. The van der Waals surface area contributed by atoms with E-state index < -0.39 is 0 Å². The van der Waals surface area contributed by atoms with Gasteiger partial charge in [0, 0.05) is 38.6 Å². The Morgan fingerprint density at radius 3 is 3.11 bits per heavy atom. The Morgan fingerprint density at radius 2 is 2.39 bits per heavy atom. The zero-order valence-corrected chi connectivity index (χ0v) is 11.1. The number of methoxy groups -OCH3 is 1. The second-order valence-electron chi connectivity index (χ2n) is 5.74. The standard InChI is InChI=1S/C14H23N3O/c1-18-8-2-6-17-7-5-14(16-17)15-13-10-11-3-4-12(13)9-11/h5,7,11-13H,2-4,6,8-10H2,1H3,(H,15,16)/t11-,12-,13-/m0/s1. The summed E-state index contributed by atoms with van der Waals surface area (Å²) in [5.41, 5.74) is 0. The number of ether oxygens (including phenoxy) is 1. The van der Waals surface area contributed by atoms with Crippen LogP contribution in [0, 0.1) is 11.8 Å². The van der Waals surface area contributed by atoms with Gasteiger partial charge >= 0.3 is 0 Å². The molecule has 0 aromatic carbocycles. The summed E-state index contributed by atoms with van der Waals surface area (Å²) < 4.78 is 7.06. The lowest BCUT2D eigenvalue weighted by molar-refractivity contribution is 0.189. The van der Waals surface area contributed by atoms with E-state index in [0.29, 0.717) is 6.04 Å². The monoisotopic (exact) mass is 249 g/mol. The number of aryl methyl sites for hydroxylation is 1. The molecule has 0 saturated heterocycles.